The number of methoxy groups -OCH3 is 1. The molecule has 0 bridgehead atoms. The van der Waals surface area contributed by atoms with Gasteiger partial charge in [0.25, 0.3) is 5.91 Å². The molecule has 9 heteroatoms. The van der Waals surface area contributed by atoms with E-state index in [-0.39, 0.29) is 11.3 Å². The van der Waals surface area contributed by atoms with Crippen LogP contribution in [0.5, 0.6) is 0 Å². The zero-order valence-corrected chi connectivity index (χ0v) is 15.5. The summed E-state index contributed by atoms with van der Waals surface area (Å²) in [5, 5.41) is 4.94. The fourth-order valence-electron chi connectivity index (χ4n) is 2.22. The first-order valence-corrected chi connectivity index (χ1v) is 8.26. The minimum absolute atomic E-state index is 0.0754. The van der Waals surface area contributed by atoms with Gasteiger partial charge < -0.3 is 15.4 Å². The van der Waals surface area contributed by atoms with Crippen molar-refractivity contribution in [2.24, 2.45) is 0 Å². The maximum Gasteiger partial charge on any atom is 0.416 e. The zero-order valence-electron chi connectivity index (χ0n) is 15.5. The van der Waals surface area contributed by atoms with Crippen molar-refractivity contribution in [2.45, 2.75) is 13.1 Å². The topological polar surface area (TPSA) is 84.5 Å². The summed E-state index contributed by atoms with van der Waals surface area (Å²) in [6.07, 6.45) is -3.44. The van der Waals surface area contributed by atoms with Gasteiger partial charge in [0, 0.05) is 23.0 Å². The Balaban J connectivity index is 1.97. The van der Waals surface area contributed by atoms with Crippen molar-refractivity contribution in [3.63, 3.8) is 0 Å². The summed E-state index contributed by atoms with van der Waals surface area (Å²) in [5.41, 5.74) is 0.115. The molecule has 0 unspecified atom stereocenters. The first-order valence-electron chi connectivity index (χ1n) is 8.26. The summed E-state index contributed by atoms with van der Waals surface area (Å²) < 4.78 is 42.2. The Morgan fingerprint density at radius 2 is 1.41 bits per heavy atom. The number of alkyl halides is 3. The molecule has 2 aromatic rings. The molecule has 0 atom stereocenters. The predicted octanol–water partition coefficient (Wildman–Crippen LogP) is 4.02. The lowest BCUT2D eigenvalue weighted by Gasteiger charge is -2.08. The molecule has 0 aliphatic carbocycles. The minimum atomic E-state index is -4.47. The van der Waals surface area contributed by atoms with Gasteiger partial charge in [-0.3, -0.25) is 9.59 Å². The van der Waals surface area contributed by atoms with Crippen molar-refractivity contribution in [1.82, 2.24) is 0 Å². The Labute approximate surface area is 164 Å². The lowest BCUT2D eigenvalue weighted by Crippen LogP contribution is -2.16. The highest BCUT2D eigenvalue weighted by molar-refractivity contribution is 6.10. The standard InChI is InChI=1S/C20H17F3N2O4/c1-12(18(27)25-16-7-3-13(4-8-16)19(28)29-2)11-17(26)24-15-9-5-14(6-10-15)20(21,22)23/h3-11H,1-2H3,(H,24,26)(H,25,27)/b12-11+. The second-order valence-electron chi connectivity index (χ2n) is 5.91. The van der Waals surface area contributed by atoms with Crippen LogP contribution in [0.3, 0.4) is 0 Å². The highest BCUT2D eigenvalue weighted by Crippen LogP contribution is 2.29. The van der Waals surface area contributed by atoms with Gasteiger partial charge in [-0.2, -0.15) is 13.2 Å². The highest BCUT2D eigenvalue weighted by Gasteiger charge is 2.29. The van der Waals surface area contributed by atoms with Crippen molar-refractivity contribution < 1.29 is 32.3 Å². The van der Waals surface area contributed by atoms with Crippen LogP contribution in [-0.4, -0.2) is 24.9 Å². The third-order valence-corrected chi connectivity index (χ3v) is 3.75. The summed E-state index contributed by atoms with van der Waals surface area (Å²) in [6, 6.07) is 9.86. The summed E-state index contributed by atoms with van der Waals surface area (Å²) in [4.78, 5) is 35.5. The molecule has 0 radical (unpaired) electrons. The molecular formula is C20H17F3N2O4. The number of carbonyl (C=O) groups excluding carboxylic acids is 3. The van der Waals surface area contributed by atoms with Gasteiger partial charge in [0.1, 0.15) is 0 Å². The van der Waals surface area contributed by atoms with Gasteiger partial charge in [0.05, 0.1) is 18.2 Å². The molecule has 0 aromatic heterocycles. The molecule has 2 rings (SSSR count). The molecule has 2 amide bonds. The second-order valence-corrected chi connectivity index (χ2v) is 5.91. The van der Waals surface area contributed by atoms with E-state index in [9.17, 15) is 27.6 Å². The van der Waals surface area contributed by atoms with Crippen LogP contribution in [0, 0.1) is 0 Å². The second kappa shape index (κ2) is 9.05. The van der Waals surface area contributed by atoms with E-state index in [4.69, 9.17) is 0 Å². The fraction of sp³-hybridized carbons (Fsp3) is 0.150. The number of esters is 1. The molecule has 152 valence electrons. The van der Waals surface area contributed by atoms with E-state index in [2.05, 4.69) is 15.4 Å². The van der Waals surface area contributed by atoms with E-state index in [0.29, 0.717) is 11.3 Å². The molecule has 0 saturated heterocycles. The fourth-order valence-corrected chi connectivity index (χ4v) is 2.22. The summed E-state index contributed by atoms with van der Waals surface area (Å²) >= 11 is 0. The molecule has 2 aromatic carbocycles. The SMILES string of the molecule is COC(=O)c1ccc(NC(=O)/C(C)=C/C(=O)Nc2ccc(C(F)(F)F)cc2)cc1. The van der Waals surface area contributed by atoms with Crippen LogP contribution in [0.25, 0.3) is 0 Å². The monoisotopic (exact) mass is 406 g/mol. The van der Waals surface area contributed by atoms with Gasteiger partial charge in [-0.1, -0.05) is 0 Å². The molecule has 2 N–H and O–H groups in total. The Morgan fingerprint density at radius 1 is 0.897 bits per heavy atom. The lowest BCUT2D eigenvalue weighted by atomic mass is 10.2. The van der Waals surface area contributed by atoms with Gasteiger partial charge in [-0.25, -0.2) is 4.79 Å². The number of ether oxygens (including phenoxy) is 1. The molecule has 0 aliphatic rings. The smallest absolute Gasteiger partial charge is 0.416 e. The van der Waals surface area contributed by atoms with E-state index in [1.54, 1.807) is 0 Å². The maximum absolute atomic E-state index is 12.5. The number of anilines is 2. The highest BCUT2D eigenvalue weighted by atomic mass is 19.4. The zero-order chi connectivity index (χ0) is 21.6. The Bertz CT molecular complexity index is 934. The molecule has 0 spiro atoms. The van der Waals surface area contributed by atoms with Gasteiger partial charge in [-0.15, -0.1) is 0 Å². The molecule has 6 nitrogen and oxygen atoms in total. The third-order valence-electron chi connectivity index (χ3n) is 3.75. The van der Waals surface area contributed by atoms with Gasteiger partial charge in [-0.05, 0) is 55.5 Å². The van der Waals surface area contributed by atoms with Crippen molar-refractivity contribution in [3.8, 4) is 0 Å². The van der Waals surface area contributed by atoms with E-state index >= 15 is 0 Å². The summed E-state index contributed by atoms with van der Waals surface area (Å²) in [6.45, 7) is 1.41. The Kier molecular flexibility index (Phi) is 6.76. The summed E-state index contributed by atoms with van der Waals surface area (Å²) in [7, 11) is 1.25. The normalized spacial score (nSPS) is 11.6. The van der Waals surface area contributed by atoms with Gasteiger partial charge >= 0.3 is 12.1 Å². The van der Waals surface area contributed by atoms with Gasteiger partial charge in [0.2, 0.25) is 5.91 Å². The third kappa shape index (κ3) is 6.20. The molecule has 0 saturated carbocycles. The van der Waals surface area contributed by atoms with Crippen molar-refractivity contribution in [1.29, 1.82) is 0 Å². The summed E-state index contributed by atoms with van der Waals surface area (Å²) in [5.74, 6) is -1.74. The number of nitrogens with one attached hydrogen (secondary N) is 2. The van der Waals surface area contributed by atoms with Crippen LogP contribution in [-0.2, 0) is 20.5 Å². The largest absolute Gasteiger partial charge is 0.465 e. The molecule has 0 fully saturated rings. The van der Waals surface area contributed by atoms with Crippen molar-refractivity contribution >= 4 is 29.2 Å². The maximum atomic E-state index is 12.5. The predicted molar refractivity (Wildman–Crippen MR) is 100 cm³/mol. The molecule has 0 heterocycles. The van der Waals surface area contributed by atoms with Crippen LogP contribution in [0.15, 0.2) is 60.2 Å². The average molecular weight is 406 g/mol. The van der Waals surface area contributed by atoms with Crippen LogP contribution >= 0.6 is 0 Å². The first kappa shape index (κ1) is 21.7. The lowest BCUT2D eigenvalue weighted by molar-refractivity contribution is -0.137. The molecule has 0 aliphatic heterocycles. The van der Waals surface area contributed by atoms with Crippen molar-refractivity contribution in [2.75, 3.05) is 17.7 Å². The Morgan fingerprint density at radius 3 is 1.93 bits per heavy atom. The number of carbonyl (C=O) groups is 3. The molecule has 29 heavy (non-hydrogen) atoms. The van der Waals surface area contributed by atoms with E-state index in [0.717, 1.165) is 30.3 Å². The number of amides is 2. The van der Waals surface area contributed by atoms with E-state index < -0.39 is 29.5 Å². The quantitative estimate of drug-likeness (QED) is 0.580. The van der Waals surface area contributed by atoms with Crippen molar-refractivity contribution in [3.05, 3.63) is 71.3 Å². The molecular weight excluding hydrogens is 389 g/mol. The number of benzene rings is 2. The number of halogens is 3. The number of hydrogen-bond donors (Lipinski definition) is 2. The number of rotatable bonds is 5. The van der Waals surface area contributed by atoms with E-state index in [1.807, 2.05) is 0 Å². The van der Waals surface area contributed by atoms with Crippen LogP contribution in [0.4, 0.5) is 24.5 Å². The van der Waals surface area contributed by atoms with E-state index in [1.165, 1.54) is 38.3 Å². The first-order chi connectivity index (χ1) is 13.6. The number of hydrogen-bond acceptors (Lipinski definition) is 4. The average Bonchev–Trinajstić information content (AvgIpc) is 2.67. The minimum Gasteiger partial charge on any atom is -0.465 e. The van der Waals surface area contributed by atoms with Crippen LogP contribution in [0.1, 0.15) is 22.8 Å². The Hall–Kier alpha value is -3.62. The van der Waals surface area contributed by atoms with Crippen LogP contribution in [0.2, 0.25) is 0 Å². The van der Waals surface area contributed by atoms with Crippen LogP contribution < -0.4 is 10.6 Å². The van der Waals surface area contributed by atoms with Gasteiger partial charge in [0.15, 0.2) is 0 Å².